The number of unbranched alkanes of at least 4 members (excludes halogenated alkanes) is 28. The Balaban J connectivity index is 2.62. The fourth-order valence-corrected chi connectivity index (χ4v) is 13.6. The van der Waals surface area contributed by atoms with Crippen LogP contribution in [-0.4, -0.2) is 167 Å². The smallest absolute Gasteiger partial charge is 0.305 e. The molecule has 12 nitrogen and oxygen atoms in total. The lowest BCUT2D eigenvalue weighted by Gasteiger charge is -2.44. The molecule has 4 N–H and O–H groups in total. The first kappa shape index (κ1) is 96.6. The van der Waals surface area contributed by atoms with Gasteiger partial charge in [0.2, 0.25) is 0 Å². The Morgan fingerprint density at radius 3 is 0.794 bits per heavy atom. The number of hydrogen-bond donors (Lipinski definition) is 4. The predicted molar refractivity (Wildman–Crippen MR) is 438 cm³/mol. The van der Waals surface area contributed by atoms with Gasteiger partial charge in [-0.15, -0.1) is 0 Å². The molecule has 1 fully saturated rings. The molecule has 0 saturated carbocycles. The Morgan fingerprint density at radius 1 is 0.333 bits per heavy atom. The molecule has 0 radical (unpaired) electrons. The second-order valence-corrected chi connectivity index (χ2v) is 30.1. The highest BCUT2D eigenvalue weighted by Gasteiger charge is 2.29. The van der Waals surface area contributed by atoms with E-state index in [1.54, 1.807) is 0 Å². The highest BCUT2D eigenvalue weighted by molar-refractivity contribution is 5.69. The number of aliphatic hydroxyl groups is 4. The van der Waals surface area contributed by atoms with Gasteiger partial charge < -0.3 is 29.9 Å². The number of piperazine rings is 1. The van der Waals surface area contributed by atoms with Crippen molar-refractivity contribution in [2.75, 3.05) is 78.7 Å². The van der Waals surface area contributed by atoms with Gasteiger partial charge in [0, 0.05) is 77.3 Å². The fourth-order valence-electron chi connectivity index (χ4n) is 13.6. The second kappa shape index (κ2) is 74.4. The Kier molecular flexibility index (Phi) is 70.4. The number of nitrogens with zero attached hydrogens (tertiary/aromatic N) is 4. The van der Waals surface area contributed by atoms with Crippen LogP contribution in [0.25, 0.3) is 0 Å². The van der Waals surface area contributed by atoms with Gasteiger partial charge in [-0.3, -0.25) is 29.2 Å². The van der Waals surface area contributed by atoms with Crippen molar-refractivity contribution < 1.29 is 39.5 Å². The first-order valence-corrected chi connectivity index (χ1v) is 43.1. The molecule has 0 aromatic heterocycles. The number of ether oxygens (including phenoxy) is 2. The molecule has 6 unspecified atom stereocenters. The van der Waals surface area contributed by atoms with Crippen LogP contribution >= 0.6 is 0 Å². The molecule has 0 spiro atoms. The third kappa shape index (κ3) is 64.9. The average molecular weight is 1430 g/mol. The van der Waals surface area contributed by atoms with Gasteiger partial charge in [0.15, 0.2) is 0 Å². The molecule has 1 rings (SSSR count). The summed E-state index contributed by atoms with van der Waals surface area (Å²) >= 11 is 0. The summed E-state index contributed by atoms with van der Waals surface area (Å²) in [6.07, 6.45) is 86.0. The molecule has 0 aromatic carbocycles. The summed E-state index contributed by atoms with van der Waals surface area (Å²) in [5.41, 5.74) is 0. The Bertz CT molecular complexity index is 1840. The lowest BCUT2D eigenvalue weighted by molar-refractivity contribution is -0.146. The van der Waals surface area contributed by atoms with E-state index >= 15 is 0 Å². The number of carbonyl (C=O) groups excluding carboxylic acids is 2. The van der Waals surface area contributed by atoms with Crippen molar-refractivity contribution in [1.82, 2.24) is 19.6 Å². The van der Waals surface area contributed by atoms with Crippen LogP contribution in [0.15, 0.2) is 97.2 Å². The molecule has 0 bridgehead atoms. The van der Waals surface area contributed by atoms with Crippen molar-refractivity contribution >= 4 is 11.9 Å². The van der Waals surface area contributed by atoms with E-state index < -0.39 is 24.4 Å². The molecule has 0 amide bonds. The Hall–Kier alpha value is -3.46. The molecule has 1 aliphatic rings. The molecular weight excluding hydrogens is 1270 g/mol. The van der Waals surface area contributed by atoms with Crippen molar-refractivity contribution in [3.63, 3.8) is 0 Å². The van der Waals surface area contributed by atoms with E-state index in [1.807, 2.05) is 0 Å². The predicted octanol–water partition coefficient (Wildman–Crippen LogP) is 21.8. The molecule has 102 heavy (non-hydrogen) atoms. The monoisotopic (exact) mass is 1430 g/mol. The molecule has 12 heteroatoms. The largest absolute Gasteiger partial charge is 0.464 e. The molecule has 6 atom stereocenters. The fraction of sp³-hybridized carbons (Fsp3) is 0.800. The molecule has 1 saturated heterocycles. The first-order chi connectivity index (χ1) is 49.9. The van der Waals surface area contributed by atoms with Crippen LogP contribution in [0.5, 0.6) is 0 Å². The Labute approximate surface area is 629 Å². The van der Waals surface area contributed by atoms with E-state index in [2.05, 4.69) is 158 Å². The van der Waals surface area contributed by atoms with Crippen LogP contribution < -0.4 is 0 Å². The van der Waals surface area contributed by atoms with Gasteiger partial charge in [0.1, 0.15) is 13.2 Å². The minimum Gasteiger partial charge on any atom is -0.464 e. The van der Waals surface area contributed by atoms with Crippen molar-refractivity contribution in [2.24, 2.45) is 0 Å². The lowest BCUT2D eigenvalue weighted by atomic mass is 10.1. The van der Waals surface area contributed by atoms with E-state index in [9.17, 15) is 30.0 Å². The summed E-state index contributed by atoms with van der Waals surface area (Å²) in [5, 5.41) is 44.9. The topological polar surface area (TPSA) is 146 Å². The normalized spacial score (nSPS) is 16.5. The third-order valence-electron chi connectivity index (χ3n) is 20.1. The number of allylic oxidation sites excluding steroid dienone is 16. The zero-order chi connectivity index (χ0) is 74.1. The molecule has 592 valence electrons. The summed E-state index contributed by atoms with van der Waals surface area (Å²) in [7, 11) is 0. The van der Waals surface area contributed by atoms with Gasteiger partial charge in [0.05, 0.1) is 24.4 Å². The SMILES string of the molecule is CCCCC/C=C\C/C=C\CCCCCCC(O)CN(CCCC(=O)OCCN1CC(C)N(CCOC(=O)CCCN(CC(O)CCCCCC/C=C\C/C=C\CCCCC)CC(O)CCCCCC/C=C\C/C=C\CCCCC)CC1C)CC(O)CCCCCC/C=C\C/C=C\CCCCC. The number of aliphatic hydroxyl groups excluding tert-OH is 4. The van der Waals surface area contributed by atoms with Crippen LogP contribution in [0.4, 0.5) is 0 Å². The summed E-state index contributed by atoms with van der Waals surface area (Å²) in [6, 6.07) is 0.486. The summed E-state index contributed by atoms with van der Waals surface area (Å²) < 4.78 is 11.6. The third-order valence-corrected chi connectivity index (χ3v) is 20.1. The van der Waals surface area contributed by atoms with E-state index in [0.29, 0.717) is 91.3 Å². The van der Waals surface area contributed by atoms with Crippen molar-refractivity contribution in [2.45, 2.75) is 386 Å². The summed E-state index contributed by atoms with van der Waals surface area (Å²) in [5.74, 6) is -0.412. The van der Waals surface area contributed by atoms with Gasteiger partial charge in [-0.25, -0.2) is 0 Å². The number of hydrogen-bond acceptors (Lipinski definition) is 12. The maximum absolute atomic E-state index is 13.2. The average Bonchev–Trinajstić information content (AvgIpc) is 0.849. The molecule has 0 aromatic rings. The van der Waals surface area contributed by atoms with Gasteiger partial charge in [-0.05, 0) is 194 Å². The molecular formula is C90H164N4O8. The van der Waals surface area contributed by atoms with Crippen molar-refractivity contribution in [1.29, 1.82) is 0 Å². The molecule has 1 aliphatic heterocycles. The highest BCUT2D eigenvalue weighted by atomic mass is 16.5. The maximum atomic E-state index is 13.2. The maximum Gasteiger partial charge on any atom is 0.305 e. The number of carbonyl (C=O) groups is 2. The summed E-state index contributed by atoms with van der Waals surface area (Å²) in [6.45, 7) is 20.3. The summed E-state index contributed by atoms with van der Waals surface area (Å²) in [4.78, 5) is 35.4. The zero-order valence-electron chi connectivity index (χ0n) is 67.3. The van der Waals surface area contributed by atoms with Gasteiger partial charge in [-0.1, -0.05) is 253 Å². The van der Waals surface area contributed by atoms with Crippen LogP contribution in [-0.2, 0) is 19.1 Å². The van der Waals surface area contributed by atoms with Crippen molar-refractivity contribution in [3.8, 4) is 0 Å². The minimum absolute atomic E-state index is 0.206. The van der Waals surface area contributed by atoms with E-state index in [4.69, 9.17) is 9.47 Å². The highest BCUT2D eigenvalue weighted by Crippen LogP contribution is 2.19. The first-order valence-electron chi connectivity index (χ1n) is 43.1. The van der Waals surface area contributed by atoms with Gasteiger partial charge in [-0.2, -0.15) is 0 Å². The molecule has 0 aliphatic carbocycles. The van der Waals surface area contributed by atoms with Crippen LogP contribution in [0.3, 0.4) is 0 Å². The minimum atomic E-state index is -0.471. The van der Waals surface area contributed by atoms with Crippen LogP contribution in [0, 0.1) is 0 Å². The van der Waals surface area contributed by atoms with Crippen LogP contribution in [0.1, 0.15) is 350 Å². The van der Waals surface area contributed by atoms with Gasteiger partial charge in [0.25, 0.3) is 0 Å². The second-order valence-electron chi connectivity index (χ2n) is 30.1. The number of rotatable bonds is 74. The van der Waals surface area contributed by atoms with Crippen LogP contribution in [0.2, 0.25) is 0 Å². The quantitative estimate of drug-likeness (QED) is 0.0261. The molecule has 1 heterocycles. The Morgan fingerprint density at radius 2 is 0.559 bits per heavy atom. The van der Waals surface area contributed by atoms with Gasteiger partial charge >= 0.3 is 11.9 Å². The van der Waals surface area contributed by atoms with E-state index in [0.717, 1.165) is 167 Å². The van der Waals surface area contributed by atoms with E-state index in [-0.39, 0.29) is 24.0 Å². The zero-order valence-corrected chi connectivity index (χ0v) is 67.3. The lowest BCUT2D eigenvalue weighted by Crippen LogP contribution is -2.57. The standard InChI is InChI=1S/C90H164N4O8/c1-7-11-15-19-23-27-31-35-39-43-47-51-55-59-65-85(95)79-91(80-86(96)66-60-56-52-48-44-40-36-32-28-24-20-16-12-8-2)71-63-69-89(99)101-75-73-93-77-84(6)94(78-83(93)5)74-76-102-90(100)70-64-72-92(81-87(97)67-61-57-53-49-45-41-37-33-29-25-21-17-13-9-3)82-88(98)68-62-58-54-50-46-42-38-34-30-26-22-18-14-10-4/h23-30,35-42,83-88,95-98H,7-22,31-34,43-82H2,1-6H3/b27-23-,28-24-,29-25-,30-26-,39-35-,40-36-,41-37-,42-38-. The van der Waals surface area contributed by atoms with E-state index in [1.165, 1.54) is 128 Å². The van der Waals surface area contributed by atoms with Crippen molar-refractivity contribution in [3.05, 3.63) is 97.2 Å². The number of esters is 2.